The molecule has 2 aromatic rings. The highest BCUT2D eigenvalue weighted by Gasteiger charge is 2.27. The Balaban J connectivity index is 1.67. The molecule has 1 heterocycles. The zero-order valence-corrected chi connectivity index (χ0v) is 12.6. The predicted octanol–water partition coefficient (Wildman–Crippen LogP) is 2.69. The number of benzene rings is 2. The molecule has 0 bridgehead atoms. The normalized spacial score (nSPS) is 15.5. The van der Waals surface area contributed by atoms with Gasteiger partial charge in [0.2, 0.25) is 6.79 Å². The molecule has 0 fully saturated rings. The van der Waals surface area contributed by atoms with Crippen molar-refractivity contribution in [3.8, 4) is 11.5 Å². The lowest BCUT2D eigenvalue weighted by Crippen LogP contribution is -2.36. The van der Waals surface area contributed by atoms with E-state index in [1.807, 2.05) is 18.2 Å². The molecule has 3 rings (SSSR count). The molecule has 0 saturated heterocycles. The SMILES string of the molecule is CC(O)(CNCc1cccc2c1OCO2)c1ccc(F)cc1F. The number of hydrogen-bond acceptors (Lipinski definition) is 4. The van der Waals surface area contributed by atoms with Crippen LogP contribution in [0, 0.1) is 11.6 Å². The van der Waals surface area contributed by atoms with Crippen molar-refractivity contribution in [1.82, 2.24) is 5.32 Å². The van der Waals surface area contributed by atoms with Crippen molar-refractivity contribution in [1.29, 1.82) is 0 Å². The van der Waals surface area contributed by atoms with Crippen molar-refractivity contribution in [2.24, 2.45) is 0 Å². The van der Waals surface area contributed by atoms with Crippen molar-refractivity contribution in [3.05, 3.63) is 59.2 Å². The van der Waals surface area contributed by atoms with E-state index < -0.39 is 17.2 Å². The third kappa shape index (κ3) is 3.28. The van der Waals surface area contributed by atoms with E-state index in [9.17, 15) is 13.9 Å². The Labute approximate surface area is 132 Å². The second-order valence-electron chi connectivity index (χ2n) is 5.65. The van der Waals surface area contributed by atoms with Crippen LogP contribution in [-0.4, -0.2) is 18.4 Å². The van der Waals surface area contributed by atoms with Crippen molar-refractivity contribution in [2.45, 2.75) is 19.1 Å². The third-order valence-corrected chi connectivity index (χ3v) is 3.77. The fourth-order valence-corrected chi connectivity index (χ4v) is 2.59. The van der Waals surface area contributed by atoms with Gasteiger partial charge < -0.3 is 19.9 Å². The first-order chi connectivity index (χ1) is 11.0. The van der Waals surface area contributed by atoms with Gasteiger partial charge in [0.05, 0.1) is 0 Å². The number of ether oxygens (including phenoxy) is 2. The van der Waals surface area contributed by atoms with Crippen LogP contribution < -0.4 is 14.8 Å². The first kappa shape index (κ1) is 15.7. The highest BCUT2D eigenvalue weighted by atomic mass is 19.1. The zero-order chi connectivity index (χ0) is 16.4. The smallest absolute Gasteiger partial charge is 0.231 e. The van der Waals surface area contributed by atoms with Gasteiger partial charge in [0.25, 0.3) is 0 Å². The summed E-state index contributed by atoms with van der Waals surface area (Å²) in [7, 11) is 0. The Bertz CT molecular complexity index is 719. The van der Waals surface area contributed by atoms with Gasteiger partial charge >= 0.3 is 0 Å². The van der Waals surface area contributed by atoms with Crippen molar-refractivity contribution >= 4 is 0 Å². The van der Waals surface area contributed by atoms with Crippen LogP contribution in [-0.2, 0) is 12.1 Å². The number of nitrogens with one attached hydrogen (secondary N) is 1. The molecule has 0 aromatic heterocycles. The molecular formula is C17H17F2NO3. The molecule has 1 atom stereocenters. The molecule has 2 aromatic carbocycles. The quantitative estimate of drug-likeness (QED) is 0.889. The molecule has 0 amide bonds. The maximum atomic E-state index is 13.8. The van der Waals surface area contributed by atoms with Gasteiger partial charge in [-0.2, -0.15) is 0 Å². The van der Waals surface area contributed by atoms with Crippen molar-refractivity contribution in [3.63, 3.8) is 0 Å². The summed E-state index contributed by atoms with van der Waals surface area (Å²) in [6.45, 7) is 2.18. The van der Waals surface area contributed by atoms with Gasteiger partial charge in [-0.05, 0) is 19.1 Å². The van der Waals surface area contributed by atoms with Crippen molar-refractivity contribution in [2.75, 3.05) is 13.3 Å². The van der Waals surface area contributed by atoms with Gasteiger partial charge in [0.15, 0.2) is 11.5 Å². The van der Waals surface area contributed by atoms with Gasteiger partial charge in [-0.3, -0.25) is 0 Å². The molecule has 6 heteroatoms. The van der Waals surface area contributed by atoms with Gasteiger partial charge in [0, 0.05) is 30.3 Å². The minimum absolute atomic E-state index is 0.0456. The first-order valence-electron chi connectivity index (χ1n) is 7.23. The molecule has 1 unspecified atom stereocenters. The van der Waals surface area contributed by atoms with Crippen LogP contribution in [0.25, 0.3) is 0 Å². The minimum atomic E-state index is -1.47. The lowest BCUT2D eigenvalue weighted by atomic mass is 9.95. The van der Waals surface area contributed by atoms with Gasteiger partial charge in [-0.25, -0.2) is 8.78 Å². The Hall–Kier alpha value is -2.18. The Morgan fingerprint density at radius 1 is 1.22 bits per heavy atom. The lowest BCUT2D eigenvalue weighted by molar-refractivity contribution is 0.0527. The van der Waals surface area contributed by atoms with E-state index in [2.05, 4.69) is 5.32 Å². The van der Waals surface area contributed by atoms with Crippen LogP contribution in [0.1, 0.15) is 18.1 Å². The standard InChI is InChI=1S/C17H17F2NO3/c1-17(21,13-6-5-12(18)7-14(13)19)9-20-8-11-3-2-4-15-16(11)23-10-22-15/h2-7,20-21H,8-10H2,1H3. The Kier molecular flexibility index (Phi) is 4.19. The molecule has 2 N–H and O–H groups in total. The van der Waals surface area contributed by atoms with E-state index >= 15 is 0 Å². The molecule has 1 aliphatic heterocycles. The third-order valence-electron chi connectivity index (χ3n) is 3.77. The molecule has 23 heavy (non-hydrogen) atoms. The average Bonchev–Trinajstić information content (AvgIpc) is 2.96. The van der Waals surface area contributed by atoms with Crippen LogP contribution >= 0.6 is 0 Å². The molecule has 0 radical (unpaired) electrons. The second-order valence-corrected chi connectivity index (χ2v) is 5.65. The summed E-state index contributed by atoms with van der Waals surface area (Å²) >= 11 is 0. The summed E-state index contributed by atoms with van der Waals surface area (Å²) in [5, 5.41) is 13.5. The number of rotatable bonds is 5. The summed E-state index contributed by atoms with van der Waals surface area (Å²) in [6.07, 6.45) is 0. The van der Waals surface area contributed by atoms with Gasteiger partial charge in [-0.15, -0.1) is 0 Å². The predicted molar refractivity (Wildman–Crippen MR) is 80.2 cm³/mol. The Morgan fingerprint density at radius 3 is 2.83 bits per heavy atom. The van der Waals surface area contributed by atoms with Crippen LogP contribution in [0.2, 0.25) is 0 Å². The largest absolute Gasteiger partial charge is 0.454 e. The van der Waals surface area contributed by atoms with Gasteiger partial charge in [0.1, 0.15) is 17.2 Å². The topological polar surface area (TPSA) is 50.7 Å². The molecular weight excluding hydrogens is 304 g/mol. The number of para-hydroxylation sites is 1. The van der Waals surface area contributed by atoms with E-state index in [0.29, 0.717) is 18.0 Å². The number of aliphatic hydroxyl groups is 1. The van der Waals surface area contributed by atoms with Gasteiger partial charge in [-0.1, -0.05) is 18.2 Å². The molecule has 4 nitrogen and oxygen atoms in total. The fourth-order valence-electron chi connectivity index (χ4n) is 2.59. The van der Waals surface area contributed by atoms with E-state index in [-0.39, 0.29) is 18.9 Å². The first-order valence-corrected chi connectivity index (χ1v) is 7.23. The summed E-state index contributed by atoms with van der Waals surface area (Å²) in [5.41, 5.74) is -0.535. The highest BCUT2D eigenvalue weighted by molar-refractivity contribution is 5.48. The van der Waals surface area contributed by atoms with Crippen LogP contribution in [0.4, 0.5) is 8.78 Å². The average molecular weight is 321 g/mol. The summed E-state index contributed by atoms with van der Waals surface area (Å²) in [6, 6.07) is 8.69. The Morgan fingerprint density at radius 2 is 2.04 bits per heavy atom. The molecule has 0 aliphatic carbocycles. The van der Waals surface area contributed by atoms with Crippen LogP contribution in [0.5, 0.6) is 11.5 Å². The molecule has 0 spiro atoms. The maximum absolute atomic E-state index is 13.8. The summed E-state index contributed by atoms with van der Waals surface area (Å²) in [5.74, 6) is -0.0885. The molecule has 1 aliphatic rings. The van der Waals surface area contributed by atoms with E-state index in [4.69, 9.17) is 9.47 Å². The second kappa shape index (κ2) is 6.14. The van der Waals surface area contributed by atoms with E-state index in [1.165, 1.54) is 13.0 Å². The molecule has 122 valence electrons. The van der Waals surface area contributed by atoms with Crippen LogP contribution in [0.15, 0.2) is 36.4 Å². The zero-order valence-electron chi connectivity index (χ0n) is 12.6. The van der Waals surface area contributed by atoms with E-state index in [0.717, 1.165) is 17.7 Å². The summed E-state index contributed by atoms with van der Waals surface area (Å²) < 4.78 is 37.5. The lowest BCUT2D eigenvalue weighted by Gasteiger charge is -2.25. The molecule has 0 saturated carbocycles. The monoisotopic (exact) mass is 321 g/mol. The van der Waals surface area contributed by atoms with Crippen molar-refractivity contribution < 1.29 is 23.4 Å². The number of fused-ring (bicyclic) bond motifs is 1. The highest BCUT2D eigenvalue weighted by Crippen LogP contribution is 2.35. The van der Waals surface area contributed by atoms with E-state index in [1.54, 1.807) is 0 Å². The number of hydrogen-bond donors (Lipinski definition) is 2. The minimum Gasteiger partial charge on any atom is -0.454 e. The fraction of sp³-hybridized carbons (Fsp3) is 0.294. The number of halogens is 2. The van der Waals surface area contributed by atoms with Crippen LogP contribution in [0.3, 0.4) is 0 Å². The summed E-state index contributed by atoms with van der Waals surface area (Å²) in [4.78, 5) is 0. The maximum Gasteiger partial charge on any atom is 0.231 e.